The zero-order chi connectivity index (χ0) is 19.5. The van der Waals surface area contributed by atoms with Crippen LogP contribution in [-0.2, 0) is 27.3 Å². The molecule has 0 aromatic carbocycles. The number of hydrogen-bond donors (Lipinski definition) is 2. The third-order valence-electron chi connectivity index (χ3n) is 4.54. The second-order valence-corrected chi connectivity index (χ2v) is 6.61. The summed E-state index contributed by atoms with van der Waals surface area (Å²) in [4.78, 5) is 23.6. The zero-order valence-corrected chi connectivity index (χ0v) is 14.7. The molecule has 0 spiro atoms. The van der Waals surface area contributed by atoms with Crippen LogP contribution >= 0.6 is 0 Å². The van der Waals surface area contributed by atoms with E-state index < -0.39 is 30.1 Å². The monoisotopic (exact) mass is 377 g/mol. The highest BCUT2D eigenvalue weighted by Crippen LogP contribution is 2.26. The highest BCUT2D eigenvalue weighted by Gasteiger charge is 2.37. The highest BCUT2D eigenvalue weighted by atomic mass is 19.4. The molecule has 0 saturated carbocycles. The van der Waals surface area contributed by atoms with E-state index in [2.05, 4.69) is 10.4 Å². The van der Waals surface area contributed by atoms with Gasteiger partial charge in [0.1, 0.15) is 6.54 Å². The molecule has 1 fully saturated rings. The summed E-state index contributed by atoms with van der Waals surface area (Å²) in [6, 6.07) is 0. The molecule has 146 valence electrons. The standard InChI is InChI=1S/C16H22F3N3O4/c1-10-12(11(2)22(21-10)9-16(17,18)19)7-13(23)20-15(8-14(24)25)3-5-26-6-4-15/h3-9H2,1-2H3,(H,20,23)(H,24,25). The van der Waals surface area contributed by atoms with Crippen molar-refractivity contribution in [3.05, 3.63) is 17.0 Å². The lowest BCUT2D eigenvalue weighted by molar-refractivity contribution is -0.143. The number of nitrogens with zero attached hydrogens (tertiary/aromatic N) is 2. The molecule has 1 aliphatic rings. The maximum Gasteiger partial charge on any atom is 0.408 e. The van der Waals surface area contributed by atoms with Gasteiger partial charge < -0.3 is 15.2 Å². The van der Waals surface area contributed by atoms with Gasteiger partial charge in [0, 0.05) is 24.5 Å². The number of aryl methyl sites for hydroxylation is 1. The van der Waals surface area contributed by atoms with E-state index in [0.717, 1.165) is 4.68 Å². The smallest absolute Gasteiger partial charge is 0.408 e. The first-order valence-corrected chi connectivity index (χ1v) is 8.21. The van der Waals surface area contributed by atoms with Crippen LogP contribution in [0.2, 0.25) is 0 Å². The molecule has 1 aromatic heterocycles. The molecular formula is C16H22F3N3O4. The Bertz CT molecular complexity index is 679. The van der Waals surface area contributed by atoms with Crippen LogP contribution in [0.1, 0.15) is 36.2 Å². The van der Waals surface area contributed by atoms with E-state index in [1.54, 1.807) is 6.92 Å². The van der Waals surface area contributed by atoms with Gasteiger partial charge in [0.2, 0.25) is 5.91 Å². The molecule has 0 bridgehead atoms. The largest absolute Gasteiger partial charge is 0.481 e. The van der Waals surface area contributed by atoms with Crippen molar-refractivity contribution in [3.8, 4) is 0 Å². The lowest BCUT2D eigenvalue weighted by Gasteiger charge is -2.36. The molecule has 0 atom stereocenters. The SMILES string of the molecule is Cc1nn(CC(F)(F)F)c(C)c1CC(=O)NC1(CC(=O)O)CCOCC1. The Kier molecular flexibility index (Phi) is 5.94. The van der Waals surface area contributed by atoms with Crippen molar-refractivity contribution in [1.29, 1.82) is 0 Å². The minimum absolute atomic E-state index is 0.155. The first-order chi connectivity index (χ1) is 12.0. The van der Waals surface area contributed by atoms with Gasteiger partial charge in [-0.25, -0.2) is 0 Å². The van der Waals surface area contributed by atoms with E-state index in [1.165, 1.54) is 6.92 Å². The van der Waals surface area contributed by atoms with Crippen LogP contribution in [0.15, 0.2) is 0 Å². The predicted octanol–water partition coefficient (Wildman–Crippen LogP) is 1.74. The highest BCUT2D eigenvalue weighted by molar-refractivity contribution is 5.81. The van der Waals surface area contributed by atoms with Gasteiger partial charge in [-0.3, -0.25) is 14.3 Å². The average molecular weight is 377 g/mol. The molecule has 1 saturated heterocycles. The maximum absolute atomic E-state index is 12.6. The summed E-state index contributed by atoms with van der Waals surface area (Å²) in [5, 5.41) is 15.8. The van der Waals surface area contributed by atoms with E-state index in [0.29, 0.717) is 37.3 Å². The third kappa shape index (κ3) is 5.20. The molecule has 26 heavy (non-hydrogen) atoms. The van der Waals surface area contributed by atoms with Crippen molar-refractivity contribution in [3.63, 3.8) is 0 Å². The summed E-state index contributed by atoms with van der Waals surface area (Å²) in [5.74, 6) is -1.47. The summed E-state index contributed by atoms with van der Waals surface area (Å²) in [6.45, 7) is 2.49. The number of ether oxygens (including phenoxy) is 1. The van der Waals surface area contributed by atoms with Crippen LogP contribution in [0.25, 0.3) is 0 Å². The number of alkyl halides is 3. The van der Waals surface area contributed by atoms with Crippen molar-refractivity contribution in [2.45, 2.75) is 57.8 Å². The lowest BCUT2D eigenvalue weighted by atomic mass is 9.86. The number of carboxylic acids is 1. The zero-order valence-electron chi connectivity index (χ0n) is 14.7. The fourth-order valence-electron chi connectivity index (χ4n) is 3.21. The number of amides is 1. The van der Waals surface area contributed by atoms with Crippen molar-refractivity contribution < 1.29 is 32.6 Å². The molecule has 10 heteroatoms. The molecule has 0 aliphatic carbocycles. The number of carbonyl (C=O) groups excluding carboxylic acids is 1. The van der Waals surface area contributed by atoms with E-state index in [-0.39, 0.29) is 18.5 Å². The quantitative estimate of drug-likeness (QED) is 0.788. The predicted molar refractivity (Wildman–Crippen MR) is 84.6 cm³/mol. The number of carbonyl (C=O) groups is 2. The first-order valence-electron chi connectivity index (χ1n) is 8.21. The van der Waals surface area contributed by atoms with Gasteiger partial charge in [0.25, 0.3) is 0 Å². The molecule has 1 aliphatic heterocycles. The molecule has 0 unspecified atom stereocenters. The molecule has 0 radical (unpaired) electrons. The Morgan fingerprint density at radius 3 is 2.46 bits per heavy atom. The normalized spacial score (nSPS) is 17.1. The van der Waals surface area contributed by atoms with Crippen LogP contribution in [0, 0.1) is 13.8 Å². The van der Waals surface area contributed by atoms with Crippen molar-refractivity contribution >= 4 is 11.9 Å². The van der Waals surface area contributed by atoms with E-state index in [9.17, 15) is 22.8 Å². The molecule has 2 N–H and O–H groups in total. The molecule has 7 nitrogen and oxygen atoms in total. The van der Waals surface area contributed by atoms with Gasteiger partial charge in [-0.15, -0.1) is 0 Å². The second-order valence-electron chi connectivity index (χ2n) is 6.61. The van der Waals surface area contributed by atoms with Crippen molar-refractivity contribution in [2.75, 3.05) is 13.2 Å². The number of nitrogens with one attached hydrogen (secondary N) is 1. The Hall–Kier alpha value is -2.10. The number of rotatable bonds is 6. The van der Waals surface area contributed by atoms with Gasteiger partial charge in [0.15, 0.2) is 0 Å². The fraction of sp³-hybridized carbons (Fsp3) is 0.688. The van der Waals surface area contributed by atoms with E-state index in [1.807, 2.05) is 0 Å². The Morgan fingerprint density at radius 1 is 1.31 bits per heavy atom. The number of halogens is 3. The third-order valence-corrected chi connectivity index (χ3v) is 4.54. The van der Waals surface area contributed by atoms with E-state index in [4.69, 9.17) is 9.84 Å². The summed E-state index contributed by atoms with van der Waals surface area (Å²) in [6.07, 6.45) is -4.05. The van der Waals surface area contributed by atoms with Gasteiger partial charge in [-0.05, 0) is 26.7 Å². The molecular weight excluding hydrogens is 355 g/mol. The van der Waals surface area contributed by atoms with Gasteiger partial charge >= 0.3 is 12.1 Å². The Labute approximate surface area is 148 Å². The molecule has 1 amide bonds. The second kappa shape index (κ2) is 7.65. The van der Waals surface area contributed by atoms with Gasteiger partial charge in [-0.2, -0.15) is 18.3 Å². The first kappa shape index (κ1) is 20.2. The van der Waals surface area contributed by atoms with Crippen molar-refractivity contribution in [1.82, 2.24) is 15.1 Å². The maximum atomic E-state index is 12.6. The van der Waals surface area contributed by atoms with Crippen molar-refractivity contribution in [2.24, 2.45) is 0 Å². The van der Waals surface area contributed by atoms with Crippen LogP contribution in [0.3, 0.4) is 0 Å². The Morgan fingerprint density at radius 2 is 1.92 bits per heavy atom. The van der Waals surface area contributed by atoms with Crippen LogP contribution in [0.5, 0.6) is 0 Å². The Balaban J connectivity index is 2.12. The van der Waals surface area contributed by atoms with Crippen LogP contribution in [-0.4, -0.2) is 51.7 Å². The molecule has 1 aromatic rings. The summed E-state index contributed by atoms with van der Waals surface area (Å²) < 4.78 is 43.9. The molecule has 2 rings (SSSR count). The summed E-state index contributed by atoms with van der Waals surface area (Å²) in [5.41, 5.74) is 0.143. The summed E-state index contributed by atoms with van der Waals surface area (Å²) >= 11 is 0. The lowest BCUT2D eigenvalue weighted by Crippen LogP contribution is -2.53. The average Bonchev–Trinajstić information content (AvgIpc) is 2.73. The topological polar surface area (TPSA) is 93.5 Å². The fourth-order valence-corrected chi connectivity index (χ4v) is 3.21. The number of carboxylic acid groups (broad SMARTS) is 1. The summed E-state index contributed by atoms with van der Waals surface area (Å²) in [7, 11) is 0. The van der Waals surface area contributed by atoms with Crippen LogP contribution < -0.4 is 5.32 Å². The minimum Gasteiger partial charge on any atom is -0.481 e. The van der Waals surface area contributed by atoms with E-state index >= 15 is 0 Å². The molecule has 2 heterocycles. The van der Waals surface area contributed by atoms with Crippen LogP contribution in [0.4, 0.5) is 13.2 Å². The number of aliphatic carboxylic acids is 1. The number of hydrogen-bond acceptors (Lipinski definition) is 4. The van der Waals surface area contributed by atoms with Gasteiger partial charge in [0.05, 0.1) is 24.1 Å². The minimum atomic E-state index is -4.41. The number of aromatic nitrogens is 2. The van der Waals surface area contributed by atoms with Gasteiger partial charge in [-0.1, -0.05) is 0 Å².